The van der Waals surface area contributed by atoms with E-state index in [-0.39, 0.29) is 23.7 Å². The first-order chi connectivity index (χ1) is 15.0. The van der Waals surface area contributed by atoms with Crippen molar-refractivity contribution < 1.29 is 18.7 Å². The molecule has 0 saturated carbocycles. The van der Waals surface area contributed by atoms with Gasteiger partial charge in [0.15, 0.2) is 6.61 Å². The average molecular weight is 481 g/mol. The van der Waals surface area contributed by atoms with E-state index in [1.807, 2.05) is 18.2 Å². The van der Waals surface area contributed by atoms with E-state index < -0.39 is 0 Å². The second kappa shape index (κ2) is 9.01. The molecule has 0 fully saturated rings. The SMILES string of the molecule is Cc1oc2cc(OCC(=O)Nc3cccnc3)ccc2c(=O)c1Oc1ccccc1Br. The molecule has 0 saturated heterocycles. The number of hydrogen-bond acceptors (Lipinski definition) is 6. The van der Waals surface area contributed by atoms with E-state index in [1.165, 1.54) is 0 Å². The number of ether oxygens (including phenoxy) is 2. The Hall–Kier alpha value is -3.65. The number of pyridine rings is 1. The number of benzene rings is 2. The van der Waals surface area contributed by atoms with Crippen molar-refractivity contribution in [1.82, 2.24) is 4.98 Å². The summed E-state index contributed by atoms with van der Waals surface area (Å²) in [4.78, 5) is 28.9. The van der Waals surface area contributed by atoms with Crippen LogP contribution in [0.15, 0.2) is 80.7 Å². The van der Waals surface area contributed by atoms with Gasteiger partial charge in [-0.25, -0.2) is 0 Å². The fourth-order valence-electron chi connectivity index (χ4n) is 2.90. The van der Waals surface area contributed by atoms with Crippen LogP contribution in [0.25, 0.3) is 11.0 Å². The lowest BCUT2D eigenvalue weighted by molar-refractivity contribution is -0.118. The quantitative estimate of drug-likeness (QED) is 0.414. The Morgan fingerprint density at radius 1 is 1.16 bits per heavy atom. The Labute approximate surface area is 185 Å². The number of nitrogens with zero attached hydrogens (tertiary/aromatic N) is 1. The Morgan fingerprint density at radius 2 is 2.00 bits per heavy atom. The Kier molecular flexibility index (Phi) is 5.99. The first-order valence-corrected chi connectivity index (χ1v) is 10.1. The van der Waals surface area contributed by atoms with Crippen molar-refractivity contribution in [2.75, 3.05) is 11.9 Å². The van der Waals surface area contributed by atoms with E-state index in [9.17, 15) is 9.59 Å². The fraction of sp³-hybridized carbons (Fsp3) is 0.0870. The van der Waals surface area contributed by atoms with Gasteiger partial charge in [0, 0.05) is 12.3 Å². The van der Waals surface area contributed by atoms with E-state index in [1.54, 1.807) is 55.7 Å². The number of halogens is 1. The zero-order valence-electron chi connectivity index (χ0n) is 16.4. The minimum atomic E-state index is -0.331. The van der Waals surface area contributed by atoms with Crippen molar-refractivity contribution in [3.05, 3.63) is 87.4 Å². The highest BCUT2D eigenvalue weighted by molar-refractivity contribution is 9.10. The Morgan fingerprint density at radius 3 is 2.77 bits per heavy atom. The van der Waals surface area contributed by atoms with Crippen LogP contribution >= 0.6 is 15.9 Å². The summed E-state index contributed by atoms with van der Waals surface area (Å²) in [7, 11) is 0. The van der Waals surface area contributed by atoms with Gasteiger partial charge in [-0.05, 0) is 59.3 Å². The van der Waals surface area contributed by atoms with Crippen molar-refractivity contribution in [3.8, 4) is 17.2 Å². The van der Waals surface area contributed by atoms with Crippen LogP contribution in [0.4, 0.5) is 5.69 Å². The number of nitrogens with one attached hydrogen (secondary N) is 1. The summed E-state index contributed by atoms with van der Waals surface area (Å²) in [5.74, 6) is 1.03. The van der Waals surface area contributed by atoms with Gasteiger partial charge in [0.05, 0.1) is 21.7 Å². The molecule has 0 unspecified atom stereocenters. The molecule has 4 aromatic rings. The molecule has 0 radical (unpaired) electrons. The van der Waals surface area contributed by atoms with Crippen LogP contribution in [-0.2, 0) is 4.79 Å². The number of amides is 1. The molecule has 31 heavy (non-hydrogen) atoms. The third-order valence-corrected chi connectivity index (χ3v) is 5.01. The maximum absolute atomic E-state index is 12.9. The number of carbonyl (C=O) groups is 1. The first kappa shape index (κ1) is 20.6. The minimum Gasteiger partial charge on any atom is -0.484 e. The number of anilines is 1. The molecule has 1 N–H and O–H groups in total. The number of fused-ring (bicyclic) bond motifs is 1. The molecular formula is C23H17BrN2O5. The lowest BCUT2D eigenvalue weighted by Crippen LogP contribution is -2.20. The number of para-hydroxylation sites is 1. The molecular weight excluding hydrogens is 464 g/mol. The summed E-state index contributed by atoms with van der Waals surface area (Å²) >= 11 is 3.40. The molecule has 156 valence electrons. The lowest BCUT2D eigenvalue weighted by atomic mass is 10.2. The third kappa shape index (κ3) is 4.75. The normalized spacial score (nSPS) is 10.6. The Balaban J connectivity index is 1.52. The van der Waals surface area contributed by atoms with Gasteiger partial charge >= 0.3 is 0 Å². The molecule has 2 heterocycles. The van der Waals surface area contributed by atoms with Gasteiger partial charge in [0.25, 0.3) is 5.91 Å². The molecule has 0 spiro atoms. The molecule has 4 rings (SSSR count). The molecule has 0 aliphatic carbocycles. The van der Waals surface area contributed by atoms with E-state index in [0.717, 1.165) is 4.47 Å². The molecule has 0 bridgehead atoms. The van der Waals surface area contributed by atoms with Gasteiger partial charge in [-0.1, -0.05) is 12.1 Å². The van der Waals surface area contributed by atoms with Crippen LogP contribution in [0.3, 0.4) is 0 Å². The fourth-order valence-corrected chi connectivity index (χ4v) is 3.26. The van der Waals surface area contributed by atoms with Crippen LogP contribution in [0.2, 0.25) is 0 Å². The monoisotopic (exact) mass is 480 g/mol. The summed E-state index contributed by atoms with van der Waals surface area (Å²) in [6.07, 6.45) is 3.16. The van der Waals surface area contributed by atoms with E-state index in [4.69, 9.17) is 13.9 Å². The van der Waals surface area contributed by atoms with Gasteiger partial charge < -0.3 is 19.2 Å². The lowest BCUT2D eigenvalue weighted by Gasteiger charge is -2.11. The van der Waals surface area contributed by atoms with Gasteiger partial charge in [0.1, 0.15) is 22.8 Å². The standard InChI is InChI=1S/C23H17BrN2O5/c1-14-23(31-19-7-3-2-6-18(19)24)22(28)17-9-8-16(11-20(17)30-14)29-13-21(27)26-15-5-4-10-25-12-15/h2-12H,13H2,1H3,(H,26,27). The second-order valence-electron chi connectivity index (χ2n) is 6.59. The summed E-state index contributed by atoms with van der Waals surface area (Å²) in [5.41, 5.74) is 0.622. The summed E-state index contributed by atoms with van der Waals surface area (Å²) < 4.78 is 17.9. The highest BCUT2D eigenvalue weighted by atomic mass is 79.9. The minimum absolute atomic E-state index is 0.115. The van der Waals surface area contributed by atoms with Crippen LogP contribution in [0.5, 0.6) is 17.2 Å². The third-order valence-electron chi connectivity index (χ3n) is 4.35. The largest absolute Gasteiger partial charge is 0.484 e. The molecule has 7 nitrogen and oxygen atoms in total. The van der Waals surface area contributed by atoms with E-state index >= 15 is 0 Å². The van der Waals surface area contributed by atoms with Crippen molar-refractivity contribution >= 4 is 38.5 Å². The van der Waals surface area contributed by atoms with Gasteiger partial charge in [0.2, 0.25) is 11.2 Å². The number of aromatic nitrogens is 1. The van der Waals surface area contributed by atoms with Gasteiger partial charge in [-0.3, -0.25) is 14.6 Å². The maximum atomic E-state index is 12.9. The highest BCUT2D eigenvalue weighted by Gasteiger charge is 2.16. The van der Waals surface area contributed by atoms with Crippen LogP contribution in [0, 0.1) is 6.92 Å². The average Bonchev–Trinajstić information content (AvgIpc) is 2.77. The first-order valence-electron chi connectivity index (χ1n) is 9.34. The number of rotatable bonds is 6. The number of hydrogen-bond donors (Lipinski definition) is 1. The number of carbonyl (C=O) groups excluding carboxylic acids is 1. The molecule has 1 amide bonds. The summed E-state index contributed by atoms with van der Waals surface area (Å²) in [5, 5.41) is 3.03. The zero-order valence-corrected chi connectivity index (χ0v) is 18.0. The molecule has 0 atom stereocenters. The smallest absolute Gasteiger partial charge is 0.262 e. The number of aryl methyl sites for hydroxylation is 1. The van der Waals surface area contributed by atoms with E-state index in [0.29, 0.717) is 33.9 Å². The predicted octanol–water partition coefficient (Wildman–Crippen LogP) is 5.07. The topological polar surface area (TPSA) is 90.7 Å². The van der Waals surface area contributed by atoms with Gasteiger partial charge in [-0.2, -0.15) is 0 Å². The highest BCUT2D eigenvalue weighted by Crippen LogP contribution is 2.31. The van der Waals surface area contributed by atoms with Crippen LogP contribution in [0.1, 0.15) is 5.76 Å². The molecule has 2 aromatic heterocycles. The molecule has 0 aliphatic heterocycles. The maximum Gasteiger partial charge on any atom is 0.262 e. The second-order valence-corrected chi connectivity index (χ2v) is 7.44. The van der Waals surface area contributed by atoms with Crippen molar-refractivity contribution in [3.63, 3.8) is 0 Å². The van der Waals surface area contributed by atoms with Gasteiger partial charge in [-0.15, -0.1) is 0 Å². The molecule has 8 heteroatoms. The predicted molar refractivity (Wildman–Crippen MR) is 120 cm³/mol. The Bertz CT molecular complexity index is 1300. The summed E-state index contributed by atoms with van der Waals surface area (Å²) in [6.45, 7) is 1.45. The van der Waals surface area contributed by atoms with E-state index in [2.05, 4.69) is 26.2 Å². The molecule has 0 aliphatic rings. The molecule has 2 aromatic carbocycles. The van der Waals surface area contributed by atoms with Crippen molar-refractivity contribution in [2.24, 2.45) is 0 Å². The van der Waals surface area contributed by atoms with Crippen molar-refractivity contribution in [2.45, 2.75) is 6.92 Å². The van der Waals surface area contributed by atoms with Crippen LogP contribution in [-0.4, -0.2) is 17.5 Å². The van der Waals surface area contributed by atoms with Crippen molar-refractivity contribution in [1.29, 1.82) is 0 Å². The van der Waals surface area contributed by atoms with Crippen LogP contribution < -0.4 is 20.2 Å². The summed E-state index contributed by atoms with van der Waals surface area (Å²) in [6, 6.07) is 15.4. The zero-order chi connectivity index (χ0) is 21.8.